The smallest absolute Gasteiger partial charge is 0.187 e. The summed E-state index contributed by atoms with van der Waals surface area (Å²) in [5.41, 5.74) is 5.07. The Balaban J connectivity index is 1.08. The zero-order valence-electron chi connectivity index (χ0n) is 30.2. The molecule has 2 saturated heterocycles. The van der Waals surface area contributed by atoms with Gasteiger partial charge in [0.25, 0.3) is 0 Å². The average Bonchev–Trinajstić information content (AvgIpc) is 3.72. The number of hydrogen-bond acceptors (Lipinski definition) is 9. The minimum atomic E-state index is -1.22. The maximum atomic E-state index is 11.1. The molecule has 0 bridgehead atoms. The summed E-state index contributed by atoms with van der Waals surface area (Å²) in [5.74, 6) is 0. The van der Waals surface area contributed by atoms with Crippen LogP contribution in [0.15, 0.2) is 152 Å². The number of rotatable bonds is 19. The van der Waals surface area contributed by atoms with E-state index < -0.39 is 49.2 Å². The molecule has 0 aromatic heterocycles. The lowest BCUT2D eigenvalue weighted by Crippen LogP contribution is -2.42. The molecule has 0 radical (unpaired) electrons. The van der Waals surface area contributed by atoms with Gasteiger partial charge >= 0.3 is 0 Å². The van der Waals surface area contributed by atoms with E-state index in [4.69, 9.17) is 37.9 Å². The largest absolute Gasteiger partial charge is 0.374 e. The van der Waals surface area contributed by atoms with Crippen LogP contribution in [0.2, 0.25) is 0 Å². The summed E-state index contributed by atoms with van der Waals surface area (Å²) in [6.45, 7) is 2.01. The summed E-state index contributed by atoms with van der Waals surface area (Å²) < 4.78 is 51.3. The fourth-order valence-electron chi connectivity index (χ4n) is 6.68. The summed E-state index contributed by atoms with van der Waals surface area (Å²) in [7, 11) is 0. The molecule has 2 heterocycles. The minimum absolute atomic E-state index is 0.0422. The Kier molecular flexibility index (Phi) is 14.0. The average molecular weight is 733 g/mol. The monoisotopic (exact) mass is 732 g/mol. The third kappa shape index (κ3) is 10.7. The predicted octanol–water partition coefficient (Wildman–Crippen LogP) is 7.00. The summed E-state index contributed by atoms with van der Waals surface area (Å²) in [5, 5.41) is 11.1. The van der Waals surface area contributed by atoms with Crippen LogP contribution in [0.1, 0.15) is 27.8 Å². The molecule has 2 aliphatic heterocycles. The first-order valence-corrected chi connectivity index (χ1v) is 18.5. The third-order valence-electron chi connectivity index (χ3n) is 9.51. The van der Waals surface area contributed by atoms with Gasteiger partial charge in [-0.25, -0.2) is 0 Å². The molecular formula is C45H48O9. The molecule has 0 amide bonds. The van der Waals surface area contributed by atoms with Crippen molar-refractivity contribution < 1.29 is 43.0 Å². The normalized spacial score (nSPS) is 25.2. The molecule has 0 saturated carbocycles. The van der Waals surface area contributed by atoms with Gasteiger partial charge < -0.3 is 43.0 Å². The van der Waals surface area contributed by atoms with Gasteiger partial charge in [-0.05, 0) is 27.8 Å². The van der Waals surface area contributed by atoms with Crippen LogP contribution in [0.25, 0.3) is 0 Å². The van der Waals surface area contributed by atoms with E-state index >= 15 is 0 Å². The highest BCUT2D eigenvalue weighted by Crippen LogP contribution is 2.33. The van der Waals surface area contributed by atoms with Gasteiger partial charge in [-0.15, -0.1) is 0 Å². The quantitative estimate of drug-likeness (QED) is 0.0964. The zero-order valence-corrected chi connectivity index (χ0v) is 30.2. The fraction of sp³-hybridized carbons (Fsp3) is 0.333. The number of hydrogen-bond donors (Lipinski definition) is 1. The van der Waals surface area contributed by atoms with E-state index in [1.165, 1.54) is 0 Å². The van der Waals surface area contributed by atoms with Crippen LogP contribution in [0.4, 0.5) is 0 Å². The Bertz CT molecular complexity index is 1760. The van der Waals surface area contributed by atoms with E-state index in [0.29, 0.717) is 26.4 Å². The molecule has 0 aliphatic carbocycles. The highest BCUT2D eigenvalue weighted by molar-refractivity contribution is 5.17. The van der Waals surface area contributed by atoms with Crippen molar-refractivity contribution in [2.45, 2.75) is 82.2 Å². The van der Waals surface area contributed by atoms with E-state index in [0.717, 1.165) is 27.8 Å². The maximum absolute atomic E-state index is 11.1. The third-order valence-corrected chi connectivity index (χ3v) is 9.51. The van der Waals surface area contributed by atoms with Crippen LogP contribution in [-0.2, 0) is 70.9 Å². The molecule has 0 unspecified atom stereocenters. The van der Waals surface area contributed by atoms with Crippen molar-refractivity contribution in [3.8, 4) is 0 Å². The van der Waals surface area contributed by atoms with E-state index in [-0.39, 0.29) is 19.8 Å². The van der Waals surface area contributed by atoms with Gasteiger partial charge in [0.1, 0.15) is 36.6 Å². The molecule has 9 heteroatoms. The molecule has 1 N–H and O–H groups in total. The fourth-order valence-corrected chi connectivity index (χ4v) is 6.68. The zero-order chi connectivity index (χ0) is 36.8. The van der Waals surface area contributed by atoms with Crippen molar-refractivity contribution in [1.82, 2.24) is 0 Å². The summed E-state index contributed by atoms with van der Waals surface area (Å²) in [6.07, 6.45) is -5.73. The molecule has 7 rings (SSSR count). The molecule has 9 nitrogen and oxygen atoms in total. The number of aliphatic hydroxyl groups is 1. The van der Waals surface area contributed by atoms with Crippen molar-refractivity contribution in [2.24, 2.45) is 0 Å². The maximum Gasteiger partial charge on any atom is 0.187 e. The summed E-state index contributed by atoms with van der Waals surface area (Å²) in [4.78, 5) is 0. The van der Waals surface area contributed by atoms with Crippen LogP contribution < -0.4 is 0 Å². The standard InChI is InChI=1S/C45H48O9/c46-44-42(50-29-36-22-12-4-13-23-36)40(48-27-34-18-8-2-9-19-34)39(53-44)32-52-45-43(51-30-37-24-14-5-15-25-37)41(49-28-35-20-10-3-11-21-35)38(54-45)31-47-26-33-16-6-1-7-17-33/h1-25,38-46H,26-32H2/t38-,39-,40-,41-,42+,43+,44-,45+/m1/s1. The second-order valence-corrected chi connectivity index (χ2v) is 13.5. The highest BCUT2D eigenvalue weighted by Gasteiger charge is 2.50. The molecule has 282 valence electrons. The first kappa shape index (κ1) is 38.0. The molecule has 0 spiro atoms. The Morgan fingerprint density at radius 1 is 0.370 bits per heavy atom. The lowest BCUT2D eigenvalue weighted by molar-refractivity contribution is -0.209. The molecular weight excluding hydrogens is 684 g/mol. The SMILES string of the molecule is O[C@@H]1O[C@H](CO[C@H]2O[C@H](COCc3ccccc3)[C@@H](OCc3ccccc3)[C@@H]2OCc2ccccc2)[C@@H](OCc2ccccc2)[C@@H]1OCc1ccccc1. The topological polar surface area (TPSA) is 94.1 Å². The van der Waals surface area contributed by atoms with Gasteiger partial charge in [-0.3, -0.25) is 0 Å². The molecule has 2 aliphatic rings. The summed E-state index contributed by atoms with van der Waals surface area (Å²) in [6, 6.07) is 49.7. The highest BCUT2D eigenvalue weighted by atomic mass is 16.7. The molecule has 5 aromatic rings. The van der Waals surface area contributed by atoms with Crippen molar-refractivity contribution >= 4 is 0 Å². The van der Waals surface area contributed by atoms with E-state index in [1.807, 2.05) is 152 Å². The Hall–Kier alpha value is -4.26. The van der Waals surface area contributed by atoms with Gasteiger partial charge in [0.05, 0.1) is 46.2 Å². The van der Waals surface area contributed by atoms with Crippen LogP contribution in [-0.4, -0.2) is 67.5 Å². The number of ether oxygens (including phenoxy) is 8. The van der Waals surface area contributed by atoms with E-state index in [9.17, 15) is 5.11 Å². The first-order valence-electron chi connectivity index (χ1n) is 18.5. The van der Waals surface area contributed by atoms with Crippen LogP contribution in [0.3, 0.4) is 0 Å². The second kappa shape index (κ2) is 19.9. The lowest BCUT2D eigenvalue weighted by atomic mass is 10.1. The Morgan fingerprint density at radius 2 is 0.722 bits per heavy atom. The first-order chi connectivity index (χ1) is 26.7. The van der Waals surface area contributed by atoms with Crippen molar-refractivity contribution in [2.75, 3.05) is 13.2 Å². The minimum Gasteiger partial charge on any atom is -0.374 e. The number of benzene rings is 5. The van der Waals surface area contributed by atoms with Crippen molar-refractivity contribution in [3.05, 3.63) is 179 Å². The van der Waals surface area contributed by atoms with E-state index in [1.54, 1.807) is 0 Å². The summed E-state index contributed by atoms with van der Waals surface area (Å²) >= 11 is 0. The van der Waals surface area contributed by atoms with Crippen LogP contribution in [0, 0.1) is 0 Å². The van der Waals surface area contributed by atoms with Gasteiger partial charge in [0.2, 0.25) is 0 Å². The second-order valence-electron chi connectivity index (χ2n) is 13.5. The van der Waals surface area contributed by atoms with Crippen LogP contribution in [0.5, 0.6) is 0 Å². The van der Waals surface area contributed by atoms with Gasteiger partial charge in [-0.2, -0.15) is 0 Å². The predicted molar refractivity (Wildman–Crippen MR) is 202 cm³/mol. The van der Waals surface area contributed by atoms with E-state index in [2.05, 4.69) is 0 Å². The molecule has 2 fully saturated rings. The number of aliphatic hydroxyl groups excluding tert-OH is 1. The molecule has 8 atom stereocenters. The molecule has 54 heavy (non-hydrogen) atoms. The van der Waals surface area contributed by atoms with Crippen LogP contribution >= 0.6 is 0 Å². The lowest BCUT2D eigenvalue weighted by Gasteiger charge is -2.27. The molecule has 5 aromatic carbocycles. The Morgan fingerprint density at radius 3 is 1.17 bits per heavy atom. The van der Waals surface area contributed by atoms with Gasteiger partial charge in [0.15, 0.2) is 12.6 Å². The van der Waals surface area contributed by atoms with Gasteiger partial charge in [-0.1, -0.05) is 152 Å². The Labute approximate surface area is 317 Å². The van der Waals surface area contributed by atoms with Gasteiger partial charge in [0, 0.05) is 0 Å². The van der Waals surface area contributed by atoms with Crippen molar-refractivity contribution in [1.29, 1.82) is 0 Å². The van der Waals surface area contributed by atoms with Crippen molar-refractivity contribution in [3.63, 3.8) is 0 Å².